The number of Topliss-reactive ketones (excluding diaryl/α,β-unsaturated/α-hetero) is 1. The molecule has 1 N–H and O–H groups in total. The van der Waals surface area contributed by atoms with E-state index in [1.807, 2.05) is 38.1 Å². The van der Waals surface area contributed by atoms with Crippen LogP contribution < -0.4 is 5.32 Å². The SMILES string of the molecule is Cc1ccccc1C(=O)C1(C)CCCN1. The van der Waals surface area contributed by atoms with Gasteiger partial charge in [0.1, 0.15) is 0 Å². The van der Waals surface area contributed by atoms with Gasteiger partial charge in [0, 0.05) is 5.56 Å². The summed E-state index contributed by atoms with van der Waals surface area (Å²) in [6.07, 6.45) is 2.04. The predicted molar refractivity (Wildman–Crippen MR) is 61.2 cm³/mol. The molecule has 0 radical (unpaired) electrons. The van der Waals surface area contributed by atoms with Crippen molar-refractivity contribution in [3.05, 3.63) is 35.4 Å². The minimum absolute atomic E-state index is 0.234. The zero-order chi connectivity index (χ0) is 10.9. The minimum atomic E-state index is -0.341. The highest BCUT2D eigenvalue weighted by molar-refractivity contribution is 6.04. The van der Waals surface area contributed by atoms with Crippen molar-refractivity contribution >= 4 is 5.78 Å². The lowest BCUT2D eigenvalue weighted by Gasteiger charge is -2.23. The van der Waals surface area contributed by atoms with Crippen molar-refractivity contribution in [3.8, 4) is 0 Å². The number of nitrogens with one attached hydrogen (secondary N) is 1. The average molecular weight is 203 g/mol. The van der Waals surface area contributed by atoms with Crippen LogP contribution in [0.25, 0.3) is 0 Å². The number of hydrogen-bond acceptors (Lipinski definition) is 2. The summed E-state index contributed by atoms with van der Waals surface area (Å²) in [6, 6.07) is 7.81. The lowest BCUT2D eigenvalue weighted by Crippen LogP contribution is -2.44. The van der Waals surface area contributed by atoms with Crippen LogP contribution in [-0.4, -0.2) is 17.9 Å². The van der Waals surface area contributed by atoms with E-state index in [0.717, 1.165) is 30.5 Å². The Hall–Kier alpha value is -1.15. The molecule has 1 saturated heterocycles. The highest BCUT2D eigenvalue weighted by Crippen LogP contribution is 2.24. The fourth-order valence-electron chi connectivity index (χ4n) is 2.21. The highest BCUT2D eigenvalue weighted by Gasteiger charge is 2.36. The van der Waals surface area contributed by atoms with Crippen molar-refractivity contribution in [2.75, 3.05) is 6.54 Å². The molecule has 15 heavy (non-hydrogen) atoms. The van der Waals surface area contributed by atoms with Crippen LogP contribution in [0, 0.1) is 6.92 Å². The Morgan fingerprint density at radius 1 is 1.40 bits per heavy atom. The molecule has 1 fully saturated rings. The molecule has 1 atom stereocenters. The van der Waals surface area contributed by atoms with Gasteiger partial charge in [-0.3, -0.25) is 4.79 Å². The van der Waals surface area contributed by atoms with E-state index in [9.17, 15) is 4.79 Å². The number of ketones is 1. The van der Waals surface area contributed by atoms with Crippen molar-refractivity contribution in [2.45, 2.75) is 32.2 Å². The summed E-state index contributed by atoms with van der Waals surface area (Å²) < 4.78 is 0. The molecule has 0 saturated carbocycles. The summed E-state index contributed by atoms with van der Waals surface area (Å²) in [4.78, 5) is 12.3. The number of aryl methyl sites for hydroxylation is 1. The molecule has 0 aromatic heterocycles. The van der Waals surface area contributed by atoms with E-state index in [0.29, 0.717) is 0 Å². The molecule has 1 aliphatic heterocycles. The van der Waals surface area contributed by atoms with Gasteiger partial charge in [-0.15, -0.1) is 0 Å². The Kier molecular flexibility index (Phi) is 2.61. The van der Waals surface area contributed by atoms with Crippen LogP contribution in [0.3, 0.4) is 0 Å². The lowest BCUT2D eigenvalue weighted by atomic mass is 9.88. The largest absolute Gasteiger partial charge is 0.305 e. The molecule has 1 aromatic rings. The maximum absolute atomic E-state index is 12.3. The lowest BCUT2D eigenvalue weighted by molar-refractivity contribution is 0.0883. The van der Waals surface area contributed by atoms with E-state index in [1.54, 1.807) is 0 Å². The Bertz CT molecular complexity index is 378. The van der Waals surface area contributed by atoms with E-state index in [1.165, 1.54) is 0 Å². The zero-order valence-corrected chi connectivity index (χ0v) is 9.34. The summed E-state index contributed by atoms with van der Waals surface area (Å²) in [5.41, 5.74) is 1.58. The van der Waals surface area contributed by atoms with Gasteiger partial charge in [0.05, 0.1) is 5.54 Å². The normalized spacial score (nSPS) is 25.5. The van der Waals surface area contributed by atoms with Crippen LogP contribution in [0.5, 0.6) is 0 Å². The summed E-state index contributed by atoms with van der Waals surface area (Å²) >= 11 is 0. The van der Waals surface area contributed by atoms with E-state index < -0.39 is 0 Å². The van der Waals surface area contributed by atoms with Gasteiger partial charge >= 0.3 is 0 Å². The van der Waals surface area contributed by atoms with Gasteiger partial charge < -0.3 is 5.32 Å². The van der Waals surface area contributed by atoms with E-state index in [2.05, 4.69) is 5.32 Å². The van der Waals surface area contributed by atoms with Gasteiger partial charge in [-0.1, -0.05) is 24.3 Å². The van der Waals surface area contributed by atoms with Gasteiger partial charge in [0.2, 0.25) is 0 Å². The maximum Gasteiger partial charge on any atom is 0.182 e. The first-order valence-electron chi connectivity index (χ1n) is 5.49. The smallest absolute Gasteiger partial charge is 0.182 e. The summed E-state index contributed by atoms with van der Waals surface area (Å²) in [7, 11) is 0. The molecule has 1 heterocycles. The molecule has 2 nitrogen and oxygen atoms in total. The number of carbonyl (C=O) groups is 1. The van der Waals surface area contributed by atoms with Crippen molar-refractivity contribution in [1.82, 2.24) is 5.32 Å². The van der Waals surface area contributed by atoms with Crippen molar-refractivity contribution < 1.29 is 4.79 Å². The first-order chi connectivity index (χ1) is 7.13. The van der Waals surface area contributed by atoms with Crippen LogP contribution >= 0.6 is 0 Å². The molecular formula is C13H17NO. The Morgan fingerprint density at radius 2 is 2.13 bits per heavy atom. The molecule has 0 amide bonds. The average Bonchev–Trinajstić information content (AvgIpc) is 2.66. The number of carbonyl (C=O) groups excluding carboxylic acids is 1. The molecule has 80 valence electrons. The van der Waals surface area contributed by atoms with Crippen LogP contribution in [-0.2, 0) is 0 Å². The van der Waals surface area contributed by atoms with Gasteiger partial charge in [-0.05, 0) is 38.8 Å². The molecule has 1 aromatic carbocycles. The Morgan fingerprint density at radius 3 is 2.73 bits per heavy atom. The predicted octanol–water partition coefficient (Wildman–Crippen LogP) is 2.32. The first kappa shape index (κ1) is 10.4. The van der Waals surface area contributed by atoms with Gasteiger partial charge in [-0.2, -0.15) is 0 Å². The van der Waals surface area contributed by atoms with Crippen molar-refractivity contribution in [1.29, 1.82) is 0 Å². The fourth-order valence-corrected chi connectivity index (χ4v) is 2.21. The second kappa shape index (κ2) is 3.78. The molecule has 1 unspecified atom stereocenters. The van der Waals surface area contributed by atoms with Crippen LogP contribution in [0.15, 0.2) is 24.3 Å². The fraction of sp³-hybridized carbons (Fsp3) is 0.462. The standard InChI is InChI=1S/C13H17NO/c1-10-6-3-4-7-11(10)12(15)13(2)8-5-9-14-13/h3-4,6-7,14H,5,8-9H2,1-2H3. The minimum Gasteiger partial charge on any atom is -0.305 e. The van der Waals surface area contributed by atoms with Crippen LogP contribution in [0.2, 0.25) is 0 Å². The molecule has 2 heteroatoms. The van der Waals surface area contributed by atoms with Gasteiger partial charge in [0.15, 0.2) is 5.78 Å². The summed E-state index contributed by atoms with van der Waals surface area (Å²) in [5.74, 6) is 0.234. The number of benzene rings is 1. The van der Waals surface area contributed by atoms with E-state index in [-0.39, 0.29) is 11.3 Å². The number of rotatable bonds is 2. The Labute approximate surface area is 90.7 Å². The zero-order valence-electron chi connectivity index (χ0n) is 9.34. The van der Waals surface area contributed by atoms with E-state index in [4.69, 9.17) is 0 Å². The molecular weight excluding hydrogens is 186 g/mol. The number of hydrogen-bond donors (Lipinski definition) is 1. The second-order valence-corrected chi connectivity index (χ2v) is 4.51. The summed E-state index contributed by atoms with van der Waals surface area (Å²) in [5, 5.41) is 3.31. The summed E-state index contributed by atoms with van der Waals surface area (Å²) in [6.45, 7) is 4.95. The molecule has 0 spiro atoms. The third kappa shape index (κ3) is 1.82. The van der Waals surface area contributed by atoms with Crippen molar-refractivity contribution in [2.24, 2.45) is 0 Å². The highest BCUT2D eigenvalue weighted by atomic mass is 16.1. The second-order valence-electron chi connectivity index (χ2n) is 4.51. The molecule has 0 aliphatic carbocycles. The van der Waals surface area contributed by atoms with E-state index >= 15 is 0 Å². The monoisotopic (exact) mass is 203 g/mol. The van der Waals surface area contributed by atoms with Crippen LogP contribution in [0.4, 0.5) is 0 Å². The molecule has 2 rings (SSSR count). The maximum atomic E-state index is 12.3. The van der Waals surface area contributed by atoms with Crippen LogP contribution in [0.1, 0.15) is 35.7 Å². The molecule has 1 aliphatic rings. The van der Waals surface area contributed by atoms with Crippen molar-refractivity contribution in [3.63, 3.8) is 0 Å². The van der Waals surface area contributed by atoms with Gasteiger partial charge in [-0.25, -0.2) is 0 Å². The topological polar surface area (TPSA) is 29.1 Å². The first-order valence-corrected chi connectivity index (χ1v) is 5.49. The quantitative estimate of drug-likeness (QED) is 0.747. The molecule has 0 bridgehead atoms. The Balaban J connectivity index is 2.32. The third-order valence-electron chi connectivity index (χ3n) is 3.26. The van der Waals surface area contributed by atoms with Gasteiger partial charge in [0.25, 0.3) is 0 Å². The third-order valence-corrected chi connectivity index (χ3v) is 3.26.